The number of carboxylic acids is 1. The van der Waals surface area contributed by atoms with Gasteiger partial charge in [-0.1, -0.05) is 23.5 Å². The molecular weight excluding hydrogens is 554 g/mol. The van der Waals surface area contributed by atoms with Crippen molar-refractivity contribution in [2.45, 2.75) is 117 Å². The van der Waals surface area contributed by atoms with E-state index >= 15 is 0 Å². The second-order valence-electron chi connectivity index (χ2n) is 13.2. The Kier molecular flexibility index (Phi) is 12.2. The molecule has 1 aliphatic heterocycles. The van der Waals surface area contributed by atoms with E-state index < -0.39 is 11.6 Å². The number of rotatable bonds is 7. The van der Waals surface area contributed by atoms with E-state index in [0.29, 0.717) is 55.9 Å². The lowest BCUT2D eigenvalue weighted by molar-refractivity contribution is -0.124. The van der Waals surface area contributed by atoms with Crippen LogP contribution in [0, 0.1) is 23.2 Å². The number of carboxylic acid groups (broad SMARTS) is 1. The van der Waals surface area contributed by atoms with Crippen LogP contribution in [0.1, 0.15) is 107 Å². The Morgan fingerprint density at radius 2 is 1.88 bits per heavy atom. The fourth-order valence-electron chi connectivity index (χ4n) is 5.37. The van der Waals surface area contributed by atoms with Crippen molar-refractivity contribution in [3.8, 4) is 11.8 Å². The highest BCUT2D eigenvalue weighted by atomic mass is 32.1. The maximum absolute atomic E-state index is 14.0. The SMILES string of the molecule is CC(C)O.CC1=CC[C@H](C(=O)N(c2cc(C#CC(C)(C)C)sc2C(=O)O)C2CCC(O)(CO[C@H]3CCOC3)CC2)CC1. The number of ether oxygens (including phenoxy) is 2. The predicted molar refractivity (Wildman–Crippen MR) is 166 cm³/mol. The molecule has 0 aromatic carbocycles. The number of carbonyl (C=O) groups is 2. The highest BCUT2D eigenvalue weighted by Crippen LogP contribution is 2.40. The van der Waals surface area contributed by atoms with Crippen molar-refractivity contribution in [1.82, 2.24) is 0 Å². The second kappa shape index (κ2) is 15.0. The van der Waals surface area contributed by atoms with E-state index in [0.717, 1.165) is 30.6 Å². The first-order valence-electron chi connectivity index (χ1n) is 15.2. The molecular formula is C33H49NO7S. The van der Waals surface area contributed by atoms with Crippen LogP contribution in [-0.2, 0) is 14.3 Å². The smallest absolute Gasteiger partial charge is 0.348 e. The van der Waals surface area contributed by atoms with Gasteiger partial charge in [-0.3, -0.25) is 4.79 Å². The molecule has 0 radical (unpaired) electrons. The zero-order chi connectivity index (χ0) is 31.1. The molecule has 1 saturated heterocycles. The van der Waals surface area contributed by atoms with E-state index in [1.165, 1.54) is 5.57 Å². The monoisotopic (exact) mass is 603 g/mol. The number of aromatic carboxylic acids is 1. The molecule has 2 aliphatic carbocycles. The van der Waals surface area contributed by atoms with Gasteiger partial charge in [0.15, 0.2) is 0 Å². The van der Waals surface area contributed by atoms with Crippen molar-refractivity contribution in [2.75, 3.05) is 24.7 Å². The zero-order valence-corrected chi connectivity index (χ0v) is 26.9. The minimum absolute atomic E-state index is 0.0224. The number of nitrogens with zero attached hydrogens (tertiary/aromatic N) is 1. The predicted octanol–water partition coefficient (Wildman–Crippen LogP) is 5.79. The molecule has 0 spiro atoms. The minimum Gasteiger partial charge on any atom is -0.477 e. The molecule has 0 bridgehead atoms. The van der Waals surface area contributed by atoms with E-state index in [-0.39, 0.29) is 47.0 Å². The van der Waals surface area contributed by atoms with Gasteiger partial charge in [0.1, 0.15) is 4.88 Å². The third-order valence-electron chi connectivity index (χ3n) is 7.68. The van der Waals surface area contributed by atoms with Gasteiger partial charge >= 0.3 is 5.97 Å². The van der Waals surface area contributed by atoms with Gasteiger partial charge in [0.2, 0.25) is 5.91 Å². The summed E-state index contributed by atoms with van der Waals surface area (Å²) in [5.41, 5.74) is 0.548. The topological polar surface area (TPSA) is 117 Å². The van der Waals surface area contributed by atoms with Gasteiger partial charge in [0, 0.05) is 30.1 Å². The number of hydrogen-bond donors (Lipinski definition) is 3. The third-order valence-corrected chi connectivity index (χ3v) is 8.71. The Bertz CT molecular complexity index is 1150. The second-order valence-corrected chi connectivity index (χ2v) is 14.3. The van der Waals surface area contributed by atoms with Gasteiger partial charge in [0.25, 0.3) is 0 Å². The van der Waals surface area contributed by atoms with Gasteiger partial charge in [-0.25, -0.2) is 4.79 Å². The van der Waals surface area contributed by atoms with Crippen molar-refractivity contribution >= 4 is 28.9 Å². The summed E-state index contributed by atoms with van der Waals surface area (Å²) in [6, 6.07) is 1.58. The van der Waals surface area contributed by atoms with Crippen LogP contribution in [0.4, 0.5) is 5.69 Å². The maximum Gasteiger partial charge on any atom is 0.348 e. The quantitative estimate of drug-likeness (QED) is 0.267. The van der Waals surface area contributed by atoms with Crippen molar-refractivity contribution < 1.29 is 34.4 Å². The molecule has 2 atom stereocenters. The van der Waals surface area contributed by atoms with Crippen LogP contribution in [-0.4, -0.2) is 70.9 Å². The van der Waals surface area contributed by atoms with Crippen LogP contribution in [0.15, 0.2) is 17.7 Å². The summed E-state index contributed by atoms with van der Waals surface area (Å²) in [4.78, 5) is 28.9. The number of aliphatic hydroxyl groups excluding tert-OH is 1. The number of anilines is 1. The maximum atomic E-state index is 14.0. The molecule has 3 aliphatic rings. The van der Waals surface area contributed by atoms with Gasteiger partial charge in [0.05, 0.1) is 35.5 Å². The standard InChI is InChI=1S/C30H41NO6S.C3H8O/c1-20-5-7-21(8-6-20)27(32)31(25-17-24(11-13-29(2,3)4)38-26(25)28(33)34)22-9-14-30(35,15-10-22)19-37-23-12-16-36-18-23;1-3(2)4/h5,17,21-23,35H,6-10,12,14-16,18-19H2,1-4H3,(H,33,34);3-4H,1-2H3/t21-,22?,23-,30?;/m0./s1. The average molecular weight is 604 g/mol. The van der Waals surface area contributed by atoms with Gasteiger partial charge < -0.3 is 29.7 Å². The first-order chi connectivity index (χ1) is 19.7. The molecule has 9 heteroatoms. The summed E-state index contributed by atoms with van der Waals surface area (Å²) >= 11 is 1.13. The highest BCUT2D eigenvalue weighted by Gasteiger charge is 2.41. The van der Waals surface area contributed by atoms with Crippen LogP contribution in [0.5, 0.6) is 0 Å². The first-order valence-corrected chi connectivity index (χ1v) is 16.0. The lowest BCUT2D eigenvalue weighted by atomic mass is 9.81. The van der Waals surface area contributed by atoms with Crippen LogP contribution < -0.4 is 4.90 Å². The molecule has 234 valence electrons. The highest BCUT2D eigenvalue weighted by molar-refractivity contribution is 7.15. The van der Waals surface area contributed by atoms with Gasteiger partial charge in [-0.15, -0.1) is 11.3 Å². The van der Waals surface area contributed by atoms with Crippen LogP contribution >= 0.6 is 11.3 Å². The molecule has 2 fully saturated rings. The first kappa shape index (κ1) is 34.3. The van der Waals surface area contributed by atoms with E-state index in [1.54, 1.807) is 24.8 Å². The van der Waals surface area contributed by atoms with Gasteiger partial charge in [-0.05, 0) is 99.0 Å². The number of thiophene rings is 1. The average Bonchev–Trinajstić information content (AvgIpc) is 3.58. The normalized spacial score (nSPS) is 26.0. The van der Waals surface area contributed by atoms with Crippen LogP contribution in [0.2, 0.25) is 0 Å². The molecule has 1 amide bonds. The third kappa shape index (κ3) is 10.2. The molecule has 1 aromatic heterocycles. The fraction of sp³-hybridized carbons (Fsp3) is 0.697. The largest absolute Gasteiger partial charge is 0.477 e. The molecule has 0 unspecified atom stereocenters. The molecule has 1 saturated carbocycles. The van der Waals surface area contributed by atoms with E-state index in [1.807, 2.05) is 20.8 Å². The fourth-order valence-corrected chi connectivity index (χ4v) is 6.21. The van der Waals surface area contributed by atoms with Crippen LogP contribution in [0.25, 0.3) is 0 Å². The molecule has 8 nitrogen and oxygen atoms in total. The Morgan fingerprint density at radius 3 is 2.40 bits per heavy atom. The van der Waals surface area contributed by atoms with Crippen molar-refractivity contribution in [2.24, 2.45) is 11.3 Å². The number of allylic oxidation sites excluding steroid dienone is 2. The van der Waals surface area contributed by atoms with Crippen molar-refractivity contribution in [1.29, 1.82) is 0 Å². The molecule has 3 N–H and O–H groups in total. The summed E-state index contributed by atoms with van der Waals surface area (Å²) < 4.78 is 11.3. The summed E-state index contributed by atoms with van der Waals surface area (Å²) in [6.07, 6.45) is 7.24. The Morgan fingerprint density at radius 1 is 1.21 bits per heavy atom. The summed E-state index contributed by atoms with van der Waals surface area (Å²) in [5, 5.41) is 29.4. The lowest BCUT2D eigenvalue weighted by Gasteiger charge is -2.42. The Labute approximate surface area is 255 Å². The molecule has 4 rings (SSSR count). The van der Waals surface area contributed by atoms with Crippen molar-refractivity contribution in [3.63, 3.8) is 0 Å². The number of carbonyl (C=O) groups excluding carboxylic acids is 1. The Hall–Kier alpha value is -2.22. The number of aliphatic hydroxyl groups is 2. The van der Waals surface area contributed by atoms with E-state index in [2.05, 4.69) is 24.8 Å². The van der Waals surface area contributed by atoms with Crippen LogP contribution in [0.3, 0.4) is 0 Å². The van der Waals surface area contributed by atoms with E-state index in [4.69, 9.17) is 14.6 Å². The summed E-state index contributed by atoms with van der Waals surface area (Å²) in [6.45, 7) is 13.1. The summed E-state index contributed by atoms with van der Waals surface area (Å²) in [7, 11) is 0. The summed E-state index contributed by atoms with van der Waals surface area (Å²) in [5.74, 6) is 5.05. The van der Waals surface area contributed by atoms with Crippen molar-refractivity contribution in [3.05, 3.63) is 27.5 Å². The molecule has 1 aromatic rings. The van der Waals surface area contributed by atoms with E-state index in [9.17, 15) is 19.8 Å². The number of amides is 1. The Balaban J connectivity index is 0.00000114. The minimum atomic E-state index is -1.05. The van der Waals surface area contributed by atoms with Gasteiger partial charge in [-0.2, -0.15) is 0 Å². The molecule has 2 heterocycles. The molecule has 42 heavy (non-hydrogen) atoms. The lowest BCUT2D eigenvalue weighted by Crippen LogP contribution is -2.50. The zero-order valence-electron chi connectivity index (χ0n) is 26.1. The number of hydrogen-bond acceptors (Lipinski definition) is 7.